The van der Waals surface area contributed by atoms with Crippen molar-refractivity contribution in [2.24, 2.45) is 0 Å². The molecule has 3 nitrogen and oxygen atoms in total. The summed E-state index contributed by atoms with van der Waals surface area (Å²) in [6, 6.07) is 8.50. The van der Waals surface area contributed by atoms with Crippen molar-refractivity contribution in [1.29, 1.82) is 0 Å². The second-order valence-corrected chi connectivity index (χ2v) is 6.10. The van der Waals surface area contributed by atoms with E-state index in [2.05, 4.69) is 15.2 Å². The Morgan fingerprint density at radius 2 is 2.18 bits per heavy atom. The van der Waals surface area contributed by atoms with E-state index < -0.39 is 6.43 Å². The van der Waals surface area contributed by atoms with E-state index in [9.17, 15) is 8.78 Å². The summed E-state index contributed by atoms with van der Waals surface area (Å²) < 4.78 is 25.7. The monoisotopic (exact) mass is 321 g/mol. The molecule has 1 atom stereocenters. The van der Waals surface area contributed by atoms with Crippen molar-refractivity contribution in [3.05, 3.63) is 40.9 Å². The van der Waals surface area contributed by atoms with Crippen LogP contribution in [-0.2, 0) is 0 Å². The molecule has 0 spiro atoms. The van der Waals surface area contributed by atoms with Crippen LogP contribution in [0, 0.1) is 0 Å². The van der Waals surface area contributed by atoms with E-state index in [1.807, 2.05) is 6.07 Å². The normalized spacial score (nSPS) is 19.3. The Morgan fingerprint density at radius 3 is 3.00 bits per heavy atom. The van der Waals surface area contributed by atoms with Gasteiger partial charge >= 0.3 is 0 Å². The number of aromatic nitrogens is 1. The van der Waals surface area contributed by atoms with E-state index in [0.717, 1.165) is 31.0 Å². The second kappa shape index (κ2) is 5.09. The largest absolute Gasteiger partial charge is 0.366 e. The van der Waals surface area contributed by atoms with Crippen molar-refractivity contribution in [2.45, 2.75) is 18.9 Å². The molecule has 0 saturated carbocycles. The Morgan fingerprint density at radius 1 is 1.32 bits per heavy atom. The highest BCUT2D eigenvalue weighted by molar-refractivity contribution is 6.33. The third kappa shape index (κ3) is 2.20. The van der Waals surface area contributed by atoms with E-state index in [1.54, 1.807) is 12.1 Å². The number of nitrogens with zero attached hydrogens (tertiary/aromatic N) is 2. The van der Waals surface area contributed by atoms with Gasteiger partial charge in [0.05, 0.1) is 16.4 Å². The summed E-state index contributed by atoms with van der Waals surface area (Å²) in [6.07, 6.45) is -1.43. The van der Waals surface area contributed by atoms with Crippen LogP contribution in [0.4, 0.5) is 20.3 Å². The lowest BCUT2D eigenvalue weighted by Crippen LogP contribution is -2.32. The fourth-order valence-corrected chi connectivity index (χ4v) is 3.40. The predicted octanol–water partition coefficient (Wildman–Crippen LogP) is 4.34. The Bertz CT molecular complexity index is 735. The van der Waals surface area contributed by atoms with Gasteiger partial charge in [-0.25, -0.2) is 13.8 Å². The van der Waals surface area contributed by atoms with Gasteiger partial charge in [0.25, 0.3) is 6.43 Å². The number of fused-ring (bicyclic) bond motifs is 4. The van der Waals surface area contributed by atoms with Crippen LogP contribution in [0.25, 0.3) is 11.3 Å². The van der Waals surface area contributed by atoms with E-state index in [1.165, 1.54) is 12.1 Å². The van der Waals surface area contributed by atoms with Crippen LogP contribution in [0.5, 0.6) is 0 Å². The standard InChI is InChI=1S/C16H14ClF2N3/c17-12-7-13-16(20-11-4-5-22(13)8-11)21-14(12)9-2-1-3-10(6-9)15(18)19/h1-3,6-7,11,15H,4-5,8H2,(H,20,21)/t11-/m0/s1. The maximum atomic E-state index is 12.9. The summed E-state index contributed by atoms with van der Waals surface area (Å²) in [5, 5.41) is 3.89. The molecule has 22 heavy (non-hydrogen) atoms. The number of hydrogen-bond donors (Lipinski definition) is 1. The molecule has 3 heterocycles. The summed E-state index contributed by atoms with van der Waals surface area (Å²) in [7, 11) is 0. The third-order valence-corrected chi connectivity index (χ3v) is 4.53. The van der Waals surface area contributed by atoms with Gasteiger partial charge in [0, 0.05) is 30.3 Å². The molecule has 2 aliphatic heterocycles. The zero-order valence-corrected chi connectivity index (χ0v) is 12.4. The summed E-state index contributed by atoms with van der Waals surface area (Å²) in [6.45, 7) is 1.95. The van der Waals surface area contributed by atoms with Crippen LogP contribution in [-0.4, -0.2) is 24.1 Å². The topological polar surface area (TPSA) is 28.2 Å². The number of pyridine rings is 1. The molecule has 1 N–H and O–H groups in total. The van der Waals surface area contributed by atoms with Crippen molar-refractivity contribution >= 4 is 23.1 Å². The van der Waals surface area contributed by atoms with Crippen molar-refractivity contribution < 1.29 is 8.78 Å². The fraction of sp³-hybridized carbons (Fsp3) is 0.312. The average Bonchev–Trinajstić information content (AvgIpc) is 2.91. The minimum Gasteiger partial charge on any atom is -0.366 e. The first-order valence-electron chi connectivity index (χ1n) is 7.22. The molecule has 2 aromatic rings. The molecule has 4 rings (SSSR count). The highest BCUT2D eigenvalue weighted by Gasteiger charge is 2.31. The lowest BCUT2D eigenvalue weighted by molar-refractivity contribution is 0.151. The van der Waals surface area contributed by atoms with Gasteiger partial charge in [0.2, 0.25) is 0 Å². The van der Waals surface area contributed by atoms with Crippen molar-refractivity contribution in [1.82, 2.24) is 4.98 Å². The smallest absolute Gasteiger partial charge is 0.263 e. The molecule has 6 heteroatoms. The number of halogens is 3. The summed E-state index contributed by atoms with van der Waals surface area (Å²) in [5.41, 5.74) is 2.12. The van der Waals surface area contributed by atoms with E-state index in [0.29, 0.717) is 22.3 Å². The quantitative estimate of drug-likeness (QED) is 0.891. The molecule has 0 amide bonds. The van der Waals surface area contributed by atoms with Gasteiger partial charge in [0.1, 0.15) is 0 Å². The summed E-state index contributed by atoms with van der Waals surface area (Å²) in [4.78, 5) is 6.85. The molecular weight excluding hydrogens is 308 g/mol. The Hall–Kier alpha value is -1.88. The van der Waals surface area contributed by atoms with Crippen molar-refractivity contribution in [3.63, 3.8) is 0 Å². The minimum absolute atomic E-state index is 0.0233. The highest BCUT2D eigenvalue weighted by Crippen LogP contribution is 2.40. The summed E-state index contributed by atoms with van der Waals surface area (Å²) in [5.74, 6) is 0.788. The molecule has 1 fully saturated rings. The van der Waals surface area contributed by atoms with Gasteiger partial charge < -0.3 is 10.2 Å². The third-order valence-electron chi connectivity index (χ3n) is 4.24. The van der Waals surface area contributed by atoms with Crippen LogP contribution in [0.2, 0.25) is 5.02 Å². The number of hydrogen-bond acceptors (Lipinski definition) is 3. The van der Waals surface area contributed by atoms with Gasteiger partial charge in [-0.15, -0.1) is 0 Å². The minimum atomic E-state index is -2.50. The molecule has 1 aromatic carbocycles. The van der Waals surface area contributed by atoms with Crippen LogP contribution in [0.1, 0.15) is 18.4 Å². The predicted molar refractivity (Wildman–Crippen MR) is 83.9 cm³/mol. The lowest BCUT2D eigenvalue weighted by Gasteiger charge is -2.28. The zero-order chi connectivity index (χ0) is 15.3. The molecule has 0 unspecified atom stereocenters. The second-order valence-electron chi connectivity index (χ2n) is 5.69. The van der Waals surface area contributed by atoms with E-state index in [4.69, 9.17) is 11.6 Å². The lowest BCUT2D eigenvalue weighted by atomic mass is 10.1. The van der Waals surface area contributed by atoms with Crippen LogP contribution >= 0.6 is 11.6 Å². The van der Waals surface area contributed by atoms with E-state index in [-0.39, 0.29) is 5.56 Å². The average molecular weight is 322 g/mol. The number of alkyl halides is 2. The SMILES string of the molecule is FC(F)c1cccc(-c2nc3c(cc2Cl)N2CC[C@@H](C2)N3)c1. The van der Waals surface area contributed by atoms with Gasteiger partial charge in [0.15, 0.2) is 5.82 Å². The molecule has 1 saturated heterocycles. The van der Waals surface area contributed by atoms with Gasteiger partial charge in [-0.05, 0) is 18.6 Å². The Balaban J connectivity index is 1.80. The Kier molecular flexibility index (Phi) is 3.18. The summed E-state index contributed by atoms with van der Waals surface area (Å²) >= 11 is 6.36. The maximum absolute atomic E-state index is 12.9. The first kappa shape index (κ1) is 13.8. The van der Waals surface area contributed by atoms with Crippen molar-refractivity contribution in [3.8, 4) is 11.3 Å². The van der Waals surface area contributed by atoms with Crippen LogP contribution in [0.15, 0.2) is 30.3 Å². The van der Waals surface area contributed by atoms with Crippen LogP contribution in [0.3, 0.4) is 0 Å². The fourth-order valence-electron chi connectivity index (χ4n) is 3.14. The van der Waals surface area contributed by atoms with Gasteiger partial charge in [-0.1, -0.05) is 29.8 Å². The number of anilines is 2. The van der Waals surface area contributed by atoms with Gasteiger partial charge in [-0.2, -0.15) is 0 Å². The number of nitrogens with one attached hydrogen (secondary N) is 1. The zero-order valence-electron chi connectivity index (χ0n) is 11.7. The molecule has 0 aliphatic carbocycles. The number of benzene rings is 1. The first-order valence-corrected chi connectivity index (χ1v) is 7.60. The molecule has 1 aromatic heterocycles. The van der Waals surface area contributed by atoms with Crippen LogP contribution < -0.4 is 10.2 Å². The molecule has 2 bridgehead atoms. The van der Waals surface area contributed by atoms with E-state index >= 15 is 0 Å². The molecular formula is C16H14ClF2N3. The van der Waals surface area contributed by atoms with Crippen molar-refractivity contribution in [2.75, 3.05) is 23.3 Å². The first-order chi connectivity index (χ1) is 10.6. The maximum Gasteiger partial charge on any atom is 0.263 e. The molecule has 114 valence electrons. The molecule has 2 aliphatic rings. The number of rotatable bonds is 2. The highest BCUT2D eigenvalue weighted by atomic mass is 35.5. The van der Waals surface area contributed by atoms with Gasteiger partial charge in [-0.3, -0.25) is 0 Å². The Labute approximate surface area is 131 Å². The molecule has 0 radical (unpaired) electrons.